The Morgan fingerprint density at radius 1 is 0.676 bits per heavy atom. The van der Waals surface area contributed by atoms with Gasteiger partial charge in [-0.2, -0.15) is 0 Å². The Kier molecular flexibility index (Phi) is 8.70. The number of hydrogen-bond donors (Lipinski definition) is 0. The quantitative estimate of drug-likeness (QED) is 0.379. The van der Waals surface area contributed by atoms with Crippen LogP contribution in [0.4, 0.5) is 8.78 Å². The van der Waals surface area contributed by atoms with Crippen molar-refractivity contribution in [2.75, 3.05) is 0 Å². The maximum atomic E-state index is 13.0. The van der Waals surface area contributed by atoms with Gasteiger partial charge in [-0.3, -0.25) is 9.59 Å². The van der Waals surface area contributed by atoms with E-state index in [1.165, 1.54) is 24.3 Å². The minimum Gasteiger partial charge on any atom is -0.462 e. The van der Waals surface area contributed by atoms with Gasteiger partial charge in [-0.1, -0.05) is 54.6 Å². The Morgan fingerprint density at radius 3 is 1.76 bits per heavy atom. The van der Waals surface area contributed by atoms with Crippen LogP contribution < -0.4 is 0 Å². The van der Waals surface area contributed by atoms with Gasteiger partial charge in [0.05, 0.1) is 12.3 Å². The molecule has 2 aliphatic rings. The summed E-state index contributed by atoms with van der Waals surface area (Å²) in [6.07, 6.45) is 2.53. The van der Waals surface area contributed by atoms with Gasteiger partial charge in [-0.25, -0.2) is 8.78 Å². The van der Waals surface area contributed by atoms with Crippen LogP contribution in [-0.4, -0.2) is 24.1 Å². The lowest BCUT2D eigenvalue weighted by atomic mass is 9.82. The summed E-state index contributed by atoms with van der Waals surface area (Å²) in [7, 11) is 0. The van der Waals surface area contributed by atoms with Crippen LogP contribution in [0.15, 0.2) is 78.9 Å². The normalized spacial score (nSPS) is 24.7. The predicted molar refractivity (Wildman–Crippen MR) is 137 cm³/mol. The maximum Gasteiger partial charge on any atom is 0.309 e. The summed E-state index contributed by atoms with van der Waals surface area (Å²) in [5, 5.41) is 0. The highest BCUT2D eigenvalue weighted by atomic mass is 19.1. The maximum absolute atomic E-state index is 13.0. The van der Waals surface area contributed by atoms with Gasteiger partial charge in [0.15, 0.2) is 0 Å². The molecular weight excluding hydrogens is 474 g/mol. The van der Waals surface area contributed by atoms with Crippen LogP contribution in [0.3, 0.4) is 0 Å². The first kappa shape index (κ1) is 26.5. The first-order valence-electron chi connectivity index (χ1n) is 12.7. The Hall–Kier alpha value is -3.54. The molecule has 0 aromatic heterocycles. The van der Waals surface area contributed by atoms with Gasteiger partial charge in [-0.15, -0.1) is 0 Å². The summed E-state index contributed by atoms with van der Waals surface area (Å²) in [6.45, 7) is 3.84. The third kappa shape index (κ3) is 7.25. The van der Waals surface area contributed by atoms with Gasteiger partial charge in [-0.05, 0) is 74.1 Å². The molecule has 0 radical (unpaired) electrons. The van der Waals surface area contributed by atoms with Gasteiger partial charge < -0.3 is 9.47 Å². The van der Waals surface area contributed by atoms with E-state index in [1.807, 2.05) is 44.2 Å². The molecule has 0 spiro atoms. The average Bonchev–Trinajstić information content (AvgIpc) is 3.33. The minimum absolute atomic E-state index is 0.0254. The first-order chi connectivity index (χ1) is 17.8. The van der Waals surface area contributed by atoms with E-state index < -0.39 is 0 Å². The van der Waals surface area contributed by atoms with Crippen molar-refractivity contribution in [2.45, 2.75) is 51.7 Å². The van der Waals surface area contributed by atoms with Crippen LogP contribution in [0.2, 0.25) is 0 Å². The van der Waals surface area contributed by atoms with Crippen molar-refractivity contribution in [2.24, 2.45) is 17.8 Å². The third-order valence-corrected chi connectivity index (χ3v) is 7.23. The number of rotatable bonds is 6. The molecule has 0 amide bonds. The van der Waals surface area contributed by atoms with Gasteiger partial charge in [0.2, 0.25) is 0 Å². The molecule has 194 valence electrons. The van der Waals surface area contributed by atoms with E-state index in [2.05, 4.69) is 0 Å². The lowest BCUT2D eigenvalue weighted by molar-refractivity contribution is -0.144. The topological polar surface area (TPSA) is 52.6 Å². The number of ether oxygens (including phenoxy) is 2. The molecule has 0 saturated carbocycles. The van der Waals surface area contributed by atoms with E-state index in [0.717, 1.165) is 29.5 Å². The molecule has 5 atom stereocenters. The summed E-state index contributed by atoms with van der Waals surface area (Å²) in [5.41, 5.74) is 3.23. The van der Waals surface area contributed by atoms with Crippen molar-refractivity contribution < 1.29 is 27.8 Å². The number of halogens is 2. The standard InChI is InChI=1S/C19H19FO2.C12H13FO2/c1-13-17(11-15-7-9-16(20)10-8-15)18(19(21)22-13)12-14-5-3-2-4-6-14;1-8-10(7-12(14)15-8)6-9-2-4-11(13)5-3-9/h2-10,13,17-18H,11-12H2,1H3;2-5,8,10H,6-7H2,1H3/t13-,17-,18+;8-,10+/m00/s1. The lowest BCUT2D eigenvalue weighted by Gasteiger charge is -2.18. The summed E-state index contributed by atoms with van der Waals surface area (Å²) >= 11 is 0. The monoisotopic (exact) mass is 506 g/mol. The van der Waals surface area contributed by atoms with Crippen molar-refractivity contribution in [3.8, 4) is 0 Å². The Labute approximate surface area is 216 Å². The zero-order valence-electron chi connectivity index (χ0n) is 21.1. The first-order valence-corrected chi connectivity index (χ1v) is 12.7. The molecule has 0 unspecified atom stereocenters. The molecule has 0 aliphatic carbocycles. The number of carbonyl (C=O) groups excluding carboxylic acids is 2. The highest BCUT2D eigenvalue weighted by Gasteiger charge is 2.41. The molecule has 4 nitrogen and oxygen atoms in total. The van der Waals surface area contributed by atoms with Gasteiger partial charge in [0, 0.05) is 11.8 Å². The highest BCUT2D eigenvalue weighted by molar-refractivity contribution is 5.75. The lowest BCUT2D eigenvalue weighted by Crippen LogP contribution is -2.23. The van der Waals surface area contributed by atoms with Gasteiger partial charge >= 0.3 is 11.9 Å². The van der Waals surface area contributed by atoms with Crippen molar-refractivity contribution in [1.29, 1.82) is 0 Å². The summed E-state index contributed by atoms with van der Waals surface area (Å²) in [4.78, 5) is 23.2. The Morgan fingerprint density at radius 2 is 1.22 bits per heavy atom. The smallest absolute Gasteiger partial charge is 0.309 e. The van der Waals surface area contributed by atoms with Crippen LogP contribution in [-0.2, 0) is 38.3 Å². The summed E-state index contributed by atoms with van der Waals surface area (Å²) < 4.78 is 36.2. The SMILES string of the molecule is C[C@@H]1OC(=O)C[C@H]1Cc1ccc(F)cc1.C[C@@H]1OC(=O)[C@H](Cc2ccccc2)[C@H]1Cc1ccc(F)cc1. The van der Waals surface area contributed by atoms with E-state index >= 15 is 0 Å². The second-order valence-corrected chi connectivity index (χ2v) is 9.92. The number of cyclic esters (lactones) is 2. The molecule has 6 heteroatoms. The minimum atomic E-state index is -0.239. The highest BCUT2D eigenvalue weighted by Crippen LogP contribution is 2.34. The van der Waals surface area contributed by atoms with Crippen molar-refractivity contribution in [1.82, 2.24) is 0 Å². The molecule has 2 aliphatic heterocycles. The van der Waals surface area contributed by atoms with E-state index in [4.69, 9.17) is 9.47 Å². The zero-order chi connectivity index (χ0) is 26.4. The second kappa shape index (κ2) is 12.1. The molecule has 0 N–H and O–H groups in total. The van der Waals surface area contributed by atoms with Crippen molar-refractivity contribution in [3.05, 3.63) is 107 Å². The summed E-state index contributed by atoms with van der Waals surface area (Å²) in [5.74, 6) is -0.511. The summed E-state index contributed by atoms with van der Waals surface area (Å²) in [6, 6.07) is 22.9. The largest absolute Gasteiger partial charge is 0.462 e. The number of hydrogen-bond acceptors (Lipinski definition) is 4. The molecule has 5 rings (SSSR count). The van der Waals surface area contributed by atoms with E-state index in [-0.39, 0.29) is 53.5 Å². The molecule has 0 bridgehead atoms. The van der Waals surface area contributed by atoms with Crippen LogP contribution >= 0.6 is 0 Å². The number of benzene rings is 3. The predicted octanol–water partition coefficient (Wildman–Crippen LogP) is 6.11. The third-order valence-electron chi connectivity index (χ3n) is 7.23. The van der Waals surface area contributed by atoms with Gasteiger partial charge in [0.1, 0.15) is 23.8 Å². The Bertz CT molecular complexity index is 1180. The second-order valence-electron chi connectivity index (χ2n) is 9.92. The fourth-order valence-electron chi connectivity index (χ4n) is 5.06. The van der Waals surface area contributed by atoms with E-state index in [1.54, 1.807) is 24.3 Å². The molecule has 2 saturated heterocycles. The molecule has 3 aromatic carbocycles. The van der Waals surface area contributed by atoms with Crippen LogP contribution in [0, 0.1) is 29.4 Å². The van der Waals surface area contributed by atoms with Crippen molar-refractivity contribution >= 4 is 11.9 Å². The number of esters is 2. The molecule has 2 heterocycles. The molecule has 37 heavy (non-hydrogen) atoms. The van der Waals surface area contributed by atoms with E-state index in [9.17, 15) is 18.4 Å². The van der Waals surface area contributed by atoms with Crippen molar-refractivity contribution in [3.63, 3.8) is 0 Å². The van der Waals surface area contributed by atoms with Crippen LogP contribution in [0.5, 0.6) is 0 Å². The molecule has 2 fully saturated rings. The molecule has 3 aromatic rings. The fourth-order valence-corrected chi connectivity index (χ4v) is 5.06. The van der Waals surface area contributed by atoms with Gasteiger partial charge in [0.25, 0.3) is 0 Å². The number of carbonyl (C=O) groups is 2. The Balaban J connectivity index is 0.000000186. The van der Waals surface area contributed by atoms with E-state index in [0.29, 0.717) is 12.8 Å². The molecular formula is C31H32F2O4. The van der Waals surface area contributed by atoms with Crippen LogP contribution in [0.1, 0.15) is 37.0 Å². The van der Waals surface area contributed by atoms with Crippen LogP contribution in [0.25, 0.3) is 0 Å². The average molecular weight is 507 g/mol. The zero-order valence-corrected chi connectivity index (χ0v) is 21.1. The fraction of sp³-hybridized carbons (Fsp3) is 0.355.